The zero-order valence-electron chi connectivity index (χ0n) is 17.4. The number of ether oxygens (including phenoxy) is 1. The van der Waals surface area contributed by atoms with E-state index in [-0.39, 0.29) is 30.5 Å². The fraction of sp³-hybridized carbons (Fsp3) is 0.565. The van der Waals surface area contributed by atoms with E-state index in [9.17, 15) is 19.8 Å². The topological polar surface area (TPSA) is 104 Å². The number of carboxylic acid groups (broad SMARTS) is 1. The van der Waals surface area contributed by atoms with Crippen LogP contribution in [0.3, 0.4) is 0 Å². The zero-order valence-corrected chi connectivity index (χ0v) is 18.2. The van der Waals surface area contributed by atoms with Gasteiger partial charge in [0.2, 0.25) is 0 Å². The van der Waals surface area contributed by atoms with E-state index in [1.807, 2.05) is 24.3 Å². The van der Waals surface area contributed by atoms with Crippen LogP contribution in [0.15, 0.2) is 36.4 Å². The van der Waals surface area contributed by atoms with Gasteiger partial charge in [0.15, 0.2) is 0 Å². The van der Waals surface area contributed by atoms with Gasteiger partial charge in [-0.2, -0.15) is 11.8 Å². The summed E-state index contributed by atoms with van der Waals surface area (Å²) in [6.45, 7) is 0.520. The SMILES string of the molecule is COCc1cccc(CC(O)C=CC2C(O)CC(=O)C2CCSCCCC(=O)O)c1. The van der Waals surface area contributed by atoms with E-state index < -0.39 is 18.2 Å². The summed E-state index contributed by atoms with van der Waals surface area (Å²) in [5, 5.41) is 29.4. The molecule has 1 fully saturated rings. The number of ketones is 1. The van der Waals surface area contributed by atoms with Crippen LogP contribution in [0.1, 0.15) is 36.8 Å². The minimum Gasteiger partial charge on any atom is -0.481 e. The number of carboxylic acids is 1. The van der Waals surface area contributed by atoms with Crippen molar-refractivity contribution in [1.29, 1.82) is 0 Å². The van der Waals surface area contributed by atoms with Crippen molar-refractivity contribution in [1.82, 2.24) is 0 Å². The Bertz CT molecular complexity index is 719. The first-order valence-electron chi connectivity index (χ1n) is 10.3. The molecule has 2 rings (SSSR count). The molecule has 1 aromatic carbocycles. The van der Waals surface area contributed by atoms with Gasteiger partial charge in [0.25, 0.3) is 0 Å². The Morgan fingerprint density at radius 3 is 2.83 bits per heavy atom. The number of aliphatic carboxylic acids is 1. The summed E-state index contributed by atoms with van der Waals surface area (Å²) in [5.41, 5.74) is 2.04. The maximum Gasteiger partial charge on any atom is 0.303 e. The standard InChI is InChI=1S/C23H32O6S/c1-29-15-17-5-2-4-16(12-17)13-18(24)7-8-19-20(22(26)14-21(19)25)9-11-30-10-3-6-23(27)28/h2,4-5,7-8,12,18-21,24-25H,3,6,9-11,13-15H2,1H3,(H,27,28). The summed E-state index contributed by atoms with van der Waals surface area (Å²) in [7, 11) is 1.64. The highest BCUT2D eigenvalue weighted by molar-refractivity contribution is 7.99. The molecule has 0 amide bonds. The predicted molar refractivity (Wildman–Crippen MR) is 117 cm³/mol. The van der Waals surface area contributed by atoms with Gasteiger partial charge in [0.1, 0.15) is 5.78 Å². The Kier molecular flexibility index (Phi) is 10.6. The van der Waals surface area contributed by atoms with E-state index in [0.29, 0.717) is 25.9 Å². The lowest BCUT2D eigenvalue weighted by atomic mass is 9.91. The summed E-state index contributed by atoms with van der Waals surface area (Å²) in [5.74, 6) is 0.231. The molecule has 0 aromatic heterocycles. The molecule has 0 saturated heterocycles. The van der Waals surface area contributed by atoms with E-state index in [1.54, 1.807) is 31.0 Å². The maximum atomic E-state index is 12.3. The molecule has 7 heteroatoms. The van der Waals surface area contributed by atoms with Gasteiger partial charge in [-0.25, -0.2) is 0 Å². The van der Waals surface area contributed by atoms with Crippen LogP contribution in [0.4, 0.5) is 0 Å². The third-order valence-corrected chi connectivity index (χ3v) is 6.39. The zero-order chi connectivity index (χ0) is 21.9. The smallest absolute Gasteiger partial charge is 0.303 e. The van der Waals surface area contributed by atoms with Gasteiger partial charge >= 0.3 is 5.97 Å². The number of aliphatic hydroxyl groups excluding tert-OH is 2. The van der Waals surface area contributed by atoms with Crippen LogP contribution in [0.2, 0.25) is 0 Å². The first-order chi connectivity index (χ1) is 14.4. The van der Waals surface area contributed by atoms with Gasteiger partial charge in [-0.05, 0) is 35.5 Å². The van der Waals surface area contributed by atoms with Gasteiger partial charge in [-0.3, -0.25) is 9.59 Å². The van der Waals surface area contributed by atoms with Crippen molar-refractivity contribution < 1.29 is 29.6 Å². The molecule has 0 spiro atoms. The molecule has 1 aliphatic carbocycles. The molecule has 1 aliphatic rings. The number of rotatable bonds is 13. The van der Waals surface area contributed by atoms with Crippen molar-refractivity contribution in [2.75, 3.05) is 18.6 Å². The molecule has 166 valence electrons. The largest absolute Gasteiger partial charge is 0.481 e. The molecule has 4 atom stereocenters. The van der Waals surface area contributed by atoms with Crippen LogP contribution in [0.5, 0.6) is 0 Å². The molecule has 1 saturated carbocycles. The number of aliphatic hydroxyl groups is 2. The second-order valence-electron chi connectivity index (χ2n) is 7.73. The molecule has 0 bridgehead atoms. The minimum absolute atomic E-state index is 0.0602. The summed E-state index contributed by atoms with van der Waals surface area (Å²) >= 11 is 1.64. The van der Waals surface area contributed by atoms with Gasteiger partial charge in [0.05, 0.1) is 18.8 Å². The number of Topliss-reactive ketones (excluding diaryl/α,β-unsaturated/α-hetero) is 1. The number of thioether (sulfide) groups is 1. The molecular formula is C23H32O6S. The van der Waals surface area contributed by atoms with E-state index >= 15 is 0 Å². The van der Waals surface area contributed by atoms with Crippen LogP contribution < -0.4 is 0 Å². The number of methoxy groups -OCH3 is 1. The average molecular weight is 437 g/mol. The van der Waals surface area contributed by atoms with Gasteiger partial charge < -0.3 is 20.1 Å². The lowest BCUT2D eigenvalue weighted by Crippen LogP contribution is -2.20. The first kappa shape index (κ1) is 24.6. The van der Waals surface area contributed by atoms with Crippen molar-refractivity contribution in [3.63, 3.8) is 0 Å². The van der Waals surface area contributed by atoms with E-state index in [1.165, 1.54) is 0 Å². The summed E-state index contributed by atoms with van der Waals surface area (Å²) in [6.07, 6.45) is 4.09. The summed E-state index contributed by atoms with van der Waals surface area (Å²) < 4.78 is 5.14. The molecule has 30 heavy (non-hydrogen) atoms. The van der Waals surface area contributed by atoms with E-state index in [2.05, 4.69) is 0 Å². The third-order valence-electron chi connectivity index (χ3n) is 5.29. The molecule has 3 N–H and O–H groups in total. The van der Waals surface area contributed by atoms with Crippen LogP contribution in [-0.2, 0) is 27.4 Å². The first-order valence-corrected chi connectivity index (χ1v) is 11.5. The van der Waals surface area contributed by atoms with Crippen LogP contribution in [0, 0.1) is 11.8 Å². The van der Waals surface area contributed by atoms with Crippen molar-refractivity contribution in [3.8, 4) is 0 Å². The Morgan fingerprint density at radius 2 is 2.10 bits per heavy atom. The van der Waals surface area contributed by atoms with Crippen molar-refractivity contribution in [2.24, 2.45) is 11.8 Å². The highest BCUT2D eigenvalue weighted by Gasteiger charge is 2.39. The average Bonchev–Trinajstić information content (AvgIpc) is 2.95. The van der Waals surface area contributed by atoms with Crippen molar-refractivity contribution in [3.05, 3.63) is 47.5 Å². The van der Waals surface area contributed by atoms with Gasteiger partial charge in [-0.1, -0.05) is 36.4 Å². The third kappa shape index (κ3) is 8.22. The fourth-order valence-corrected chi connectivity index (χ4v) is 4.78. The molecule has 6 nitrogen and oxygen atoms in total. The van der Waals surface area contributed by atoms with Crippen molar-refractivity contribution in [2.45, 2.75) is 50.9 Å². The molecule has 0 aliphatic heterocycles. The summed E-state index contributed by atoms with van der Waals surface area (Å²) in [6, 6.07) is 7.86. The Labute approximate surface area is 182 Å². The van der Waals surface area contributed by atoms with Crippen LogP contribution >= 0.6 is 11.8 Å². The normalized spacial score (nSPS) is 22.6. The molecule has 4 unspecified atom stereocenters. The number of benzene rings is 1. The number of hydrogen-bond donors (Lipinski definition) is 3. The number of carbonyl (C=O) groups excluding carboxylic acids is 1. The number of carbonyl (C=O) groups is 2. The molecule has 0 heterocycles. The number of hydrogen-bond acceptors (Lipinski definition) is 6. The highest BCUT2D eigenvalue weighted by Crippen LogP contribution is 2.34. The minimum atomic E-state index is -0.793. The van der Waals surface area contributed by atoms with Crippen LogP contribution in [0.25, 0.3) is 0 Å². The predicted octanol–water partition coefficient (Wildman–Crippen LogP) is 2.85. The monoisotopic (exact) mass is 436 g/mol. The van der Waals surface area contributed by atoms with E-state index in [4.69, 9.17) is 9.84 Å². The fourth-order valence-electron chi connectivity index (χ4n) is 3.81. The van der Waals surface area contributed by atoms with Gasteiger partial charge in [-0.15, -0.1) is 0 Å². The van der Waals surface area contributed by atoms with Gasteiger partial charge in [0, 0.05) is 38.2 Å². The quantitative estimate of drug-likeness (QED) is 0.323. The second-order valence-corrected chi connectivity index (χ2v) is 8.95. The molecule has 0 radical (unpaired) electrons. The molecular weight excluding hydrogens is 404 g/mol. The Balaban J connectivity index is 1.85. The highest BCUT2D eigenvalue weighted by atomic mass is 32.2. The second kappa shape index (κ2) is 12.9. The van der Waals surface area contributed by atoms with E-state index in [0.717, 1.165) is 22.6 Å². The Hall–Kier alpha value is -1.67. The van der Waals surface area contributed by atoms with Crippen LogP contribution in [-0.4, -0.2) is 57.9 Å². The summed E-state index contributed by atoms with van der Waals surface area (Å²) in [4.78, 5) is 22.8. The lowest BCUT2D eigenvalue weighted by Gasteiger charge is -2.18. The maximum absolute atomic E-state index is 12.3. The Morgan fingerprint density at radius 1 is 1.33 bits per heavy atom. The van der Waals surface area contributed by atoms with Crippen molar-refractivity contribution >= 4 is 23.5 Å². The molecule has 1 aromatic rings. The lowest BCUT2D eigenvalue weighted by molar-refractivity contribution is -0.137.